The molecule has 0 bridgehead atoms. The van der Waals surface area contributed by atoms with Crippen LogP contribution < -0.4 is 0 Å². The first kappa shape index (κ1) is 14.4. The molecule has 0 fully saturated rings. The first-order valence-corrected chi connectivity index (χ1v) is 5.37. The van der Waals surface area contributed by atoms with Crippen molar-refractivity contribution in [1.29, 1.82) is 0 Å². The Morgan fingerprint density at radius 1 is 0.867 bits per heavy atom. The van der Waals surface area contributed by atoms with Gasteiger partial charge in [-0.25, -0.2) is 16.8 Å². The second kappa shape index (κ2) is 3.48. The van der Waals surface area contributed by atoms with Gasteiger partial charge in [0.15, 0.2) is 10.0 Å². The first-order chi connectivity index (χ1) is 6.21. The summed E-state index contributed by atoms with van der Waals surface area (Å²) in [5, 5.41) is -6.47. The highest BCUT2D eigenvalue weighted by Gasteiger charge is 2.64. The summed E-state index contributed by atoms with van der Waals surface area (Å²) < 4.78 is 110. The van der Waals surface area contributed by atoms with E-state index in [1.54, 1.807) is 0 Å². The molecule has 0 aliphatic carbocycles. The van der Waals surface area contributed by atoms with Crippen molar-refractivity contribution in [2.45, 2.75) is 11.4 Å². The van der Waals surface area contributed by atoms with E-state index in [-0.39, 0.29) is 0 Å². The molecule has 5 nitrogen and oxygen atoms in total. The Morgan fingerprint density at radius 3 is 1.40 bits per heavy atom. The third-order valence-corrected chi connectivity index (χ3v) is 3.22. The molecule has 0 N–H and O–H groups in total. The van der Waals surface area contributed by atoms with Crippen LogP contribution in [0.1, 0.15) is 0 Å². The SMILES string of the molecule is O=S(=O)(F)[N-]S(=O)(=O)C(F)(F)C(F)(F)F. The molecular weight excluding hydrogens is 280 g/mol. The molecule has 0 aromatic carbocycles. The van der Waals surface area contributed by atoms with E-state index in [0.29, 0.717) is 0 Å². The lowest BCUT2D eigenvalue weighted by Crippen LogP contribution is -2.43. The Morgan fingerprint density at radius 2 is 1.20 bits per heavy atom. The minimum Gasteiger partial charge on any atom is -0.402 e. The highest BCUT2D eigenvalue weighted by molar-refractivity contribution is 8.10. The topological polar surface area (TPSA) is 82.4 Å². The standard InChI is InChI=1S/C2F6NO4S2/c3-1(4,5)2(6,7)14(10,11)9-15(8,12)13/q-1. The molecule has 0 atom stereocenters. The molecule has 15 heavy (non-hydrogen) atoms. The van der Waals surface area contributed by atoms with E-state index in [9.17, 15) is 42.7 Å². The summed E-state index contributed by atoms with van der Waals surface area (Å²) in [7, 11) is -13.2. The molecule has 0 unspecified atom stereocenters. The fraction of sp³-hybridized carbons (Fsp3) is 1.00. The smallest absolute Gasteiger partial charge is 0.402 e. The zero-order valence-electron chi connectivity index (χ0n) is 6.16. The molecule has 0 radical (unpaired) electrons. The number of halogens is 6. The van der Waals surface area contributed by atoms with Gasteiger partial charge in [0.05, 0.1) is 0 Å². The van der Waals surface area contributed by atoms with Gasteiger partial charge in [-0.15, -0.1) is 3.89 Å². The lowest BCUT2D eigenvalue weighted by molar-refractivity contribution is -0.240. The van der Waals surface area contributed by atoms with Crippen LogP contribution in [0.5, 0.6) is 0 Å². The highest BCUT2D eigenvalue weighted by atomic mass is 32.3. The summed E-state index contributed by atoms with van der Waals surface area (Å²) in [6.07, 6.45) is -6.60. The van der Waals surface area contributed by atoms with Crippen LogP contribution in [0.2, 0.25) is 0 Å². The minimum absolute atomic E-state index is 0.787. The third-order valence-electron chi connectivity index (χ3n) is 0.841. The molecular formula is C2F6NO4S2-. The van der Waals surface area contributed by atoms with Crippen molar-refractivity contribution < 1.29 is 42.7 Å². The second-order valence-electron chi connectivity index (χ2n) is 1.98. The zero-order valence-corrected chi connectivity index (χ0v) is 7.80. The first-order valence-electron chi connectivity index (χ1n) is 2.59. The summed E-state index contributed by atoms with van der Waals surface area (Å²) in [6.45, 7) is 0. The number of sulfonamides is 1. The van der Waals surface area contributed by atoms with Crippen LogP contribution in [0.4, 0.5) is 25.8 Å². The van der Waals surface area contributed by atoms with Crippen molar-refractivity contribution >= 4 is 20.4 Å². The van der Waals surface area contributed by atoms with Crippen LogP contribution in [0.15, 0.2) is 0 Å². The van der Waals surface area contributed by atoms with E-state index in [2.05, 4.69) is 0 Å². The molecule has 0 saturated heterocycles. The highest BCUT2D eigenvalue weighted by Crippen LogP contribution is 2.42. The van der Waals surface area contributed by atoms with Gasteiger partial charge >= 0.3 is 11.4 Å². The van der Waals surface area contributed by atoms with E-state index in [1.807, 2.05) is 0 Å². The van der Waals surface area contributed by atoms with Gasteiger partial charge in [0.1, 0.15) is 0 Å². The van der Waals surface area contributed by atoms with Crippen LogP contribution in [-0.4, -0.2) is 28.3 Å². The molecule has 92 valence electrons. The van der Waals surface area contributed by atoms with Gasteiger partial charge in [-0.2, -0.15) is 22.0 Å². The van der Waals surface area contributed by atoms with E-state index >= 15 is 0 Å². The monoisotopic (exact) mass is 280 g/mol. The Balaban J connectivity index is 5.43. The summed E-state index contributed by atoms with van der Waals surface area (Å²) >= 11 is 0. The van der Waals surface area contributed by atoms with Crippen molar-refractivity contribution in [2.24, 2.45) is 0 Å². The summed E-state index contributed by atoms with van der Waals surface area (Å²) in [5.74, 6) is 0. The van der Waals surface area contributed by atoms with Gasteiger partial charge in [0, 0.05) is 0 Å². The number of nitrogens with zero attached hydrogens (tertiary/aromatic N) is 1. The Labute approximate surface area is 79.5 Å². The van der Waals surface area contributed by atoms with Crippen LogP contribution in [0.3, 0.4) is 0 Å². The Kier molecular flexibility index (Phi) is 3.35. The average molecular weight is 280 g/mol. The number of hydrogen-bond acceptors (Lipinski definition) is 4. The summed E-state index contributed by atoms with van der Waals surface area (Å²) in [5.41, 5.74) is 0. The maximum Gasteiger partial charge on any atom is 0.467 e. The van der Waals surface area contributed by atoms with E-state index in [4.69, 9.17) is 0 Å². The molecule has 0 aromatic rings. The predicted molar refractivity (Wildman–Crippen MR) is 33.3 cm³/mol. The second-order valence-corrected chi connectivity index (χ2v) is 4.86. The lowest BCUT2D eigenvalue weighted by Gasteiger charge is -2.25. The van der Waals surface area contributed by atoms with Crippen molar-refractivity contribution in [2.75, 3.05) is 0 Å². The summed E-state index contributed by atoms with van der Waals surface area (Å²) in [6, 6.07) is 0. The van der Waals surface area contributed by atoms with E-state index in [1.165, 1.54) is 0 Å². The molecule has 0 spiro atoms. The lowest BCUT2D eigenvalue weighted by atomic mass is 10.7. The van der Waals surface area contributed by atoms with Gasteiger partial charge in [-0.3, -0.25) is 0 Å². The van der Waals surface area contributed by atoms with Crippen molar-refractivity contribution in [1.82, 2.24) is 0 Å². The van der Waals surface area contributed by atoms with Crippen molar-refractivity contribution in [3.8, 4) is 0 Å². The van der Waals surface area contributed by atoms with Gasteiger partial charge < -0.3 is 4.13 Å². The fourth-order valence-electron chi connectivity index (χ4n) is 0.310. The molecule has 0 saturated carbocycles. The molecule has 0 heterocycles. The molecule has 0 aromatic heterocycles. The van der Waals surface area contributed by atoms with E-state index in [0.717, 1.165) is 4.13 Å². The molecule has 0 aliphatic rings. The molecule has 0 amide bonds. The number of rotatable bonds is 3. The Bertz CT molecular complexity index is 432. The maximum absolute atomic E-state index is 12.0. The fourth-order valence-corrected chi connectivity index (χ4v) is 1.91. The van der Waals surface area contributed by atoms with Gasteiger partial charge in [-0.1, -0.05) is 0 Å². The predicted octanol–water partition coefficient (Wildman–Crippen LogP) is 1.06. The Hall–Kier alpha value is -0.560. The third kappa shape index (κ3) is 3.20. The molecule has 0 rings (SSSR count). The normalized spacial score (nSPS) is 15.3. The van der Waals surface area contributed by atoms with Crippen LogP contribution >= 0.6 is 0 Å². The average Bonchev–Trinajstić information content (AvgIpc) is 1.77. The molecule has 13 heteroatoms. The van der Waals surface area contributed by atoms with Gasteiger partial charge in [0.2, 0.25) is 10.4 Å². The summed E-state index contributed by atoms with van der Waals surface area (Å²) in [4.78, 5) is 0. The van der Waals surface area contributed by atoms with Gasteiger partial charge in [0.25, 0.3) is 0 Å². The maximum atomic E-state index is 12.0. The van der Waals surface area contributed by atoms with E-state index < -0.39 is 31.9 Å². The van der Waals surface area contributed by atoms with Crippen molar-refractivity contribution in [3.05, 3.63) is 4.13 Å². The van der Waals surface area contributed by atoms with Crippen LogP contribution in [0.25, 0.3) is 4.13 Å². The minimum atomic E-state index is -6.87. The molecule has 0 aliphatic heterocycles. The van der Waals surface area contributed by atoms with Gasteiger partial charge in [-0.05, 0) is 0 Å². The number of hydrogen-bond donors (Lipinski definition) is 0. The van der Waals surface area contributed by atoms with Crippen LogP contribution in [-0.2, 0) is 20.4 Å². The van der Waals surface area contributed by atoms with Crippen molar-refractivity contribution in [3.63, 3.8) is 0 Å². The zero-order chi connectivity index (χ0) is 12.7. The quantitative estimate of drug-likeness (QED) is 0.571. The number of alkyl halides is 5. The largest absolute Gasteiger partial charge is 0.467 e. The van der Waals surface area contributed by atoms with Crippen LogP contribution in [0, 0.1) is 0 Å².